The average Bonchev–Trinajstić information content (AvgIpc) is 3.06. The highest BCUT2D eigenvalue weighted by Gasteiger charge is 2.15. The van der Waals surface area contributed by atoms with E-state index in [2.05, 4.69) is 20.4 Å². The van der Waals surface area contributed by atoms with E-state index in [-0.39, 0.29) is 43.8 Å². The molecule has 10 heteroatoms. The summed E-state index contributed by atoms with van der Waals surface area (Å²) in [5.41, 5.74) is 1.64. The minimum atomic E-state index is -0.343. The molecule has 0 fully saturated rings. The number of para-hydroxylation sites is 1. The SMILES string of the molecule is COC(=O)CCOCCOCCC(=O)Nc1ccccc1C(=O)Nc1nc(C)c(C)s1. The maximum Gasteiger partial charge on any atom is 0.307 e. The molecule has 0 aliphatic heterocycles. The van der Waals surface area contributed by atoms with Crippen molar-refractivity contribution in [2.75, 3.05) is 44.2 Å². The Kier molecular flexibility index (Phi) is 10.1. The van der Waals surface area contributed by atoms with Gasteiger partial charge in [-0.25, -0.2) is 4.98 Å². The fraction of sp³-hybridized carbons (Fsp3) is 0.429. The van der Waals surface area contributed by atoms with Crippen molar-refractivity contribution >= 4 is 39.9 Å². The molecule has 2 aromatic rings. The number of anilines is 2. The molecule has 2 amide bonds. The van der Waals surface area contributed by atoms with Gasteiger partial charge in [-0.05, 0) is 26.0 Å². The summed E-state index contributed by atoms with van der Waals surface area (Å²) in [4.78, 5) is 41.1. The van der Waals surface area contributed by atoms with Crippen LogP contribution in [-0.4, -0.2) is 56.3 Å². The molecule has 0 aliphatic carbocycles. The first-order valence-electron chi connectivity index (χ1n) is 9.77. The van der Waals surface area contributed by atoms with Crippen LogP contribution < -0.4 is 10.6 Å². The van der Waals surface area contributed by atoms with Gasteiger partial charge in [0.05, 0.1) is 63.3 Å². The number of carbonyl (C=O) groups excluding carboxylic acids is 3. The lowest BCUT2D eigenvalue weighted by atomic mass is 10.1. The third kappa shape index (κ3) is 8.44. The van der Waals surface area contributed by atoms with E-state index in [1.54, 1.807) is 24.3 Å². The zero-order valence-corrected chi connectivity index (χ0v) is 18.7. The first-order chi connectivity index (χ1) is 14.9. The normalized spacial score (nSPS) is 10.5. The molecule has 9 nitrogen and oxygen atoms in total. The molecule has 0 atom stereocenters. The van der Waals surface area contributed by atoms with Crippen LogP contribution in [0.15, 0.2) is 24.3 Å². The van der Waals surface area contributed by atoms with Gasteiger partial charge in [-0.2, -0.15) is 0 Å². The summed E-state index contributed by atoms with van der Waals surface area (Å²) in [6.45, 7) is 4.91. The van der Waals surface area contributed by atoms with E-state index in [0.717, 1.165) is 10.6 Å². The lowest BCUT2D eigenvalue weighted by Crippen LogP contribution is -2.19. The summed E-state index contributed by atoms with van der Waals surface area (Å²) in [5, 5.41) is 6.03. The van der Waals surface area contributed by atoms with Gasteiger partial charge in [0.25, 0.3) is 5.91 Å². The summed E-state index contributed by atoms with van der Waals surface area (Å²) in [6.07, 6.45) is 0.316. The standard InChI is InChI=1S/C21H27N3O6S/c1-14-15(2)31-21(22-14)24-20(27)16-6-4-5-7-17(16)23-18(25)8-10-29-12-13-30-11-9-19(26)28-3/h4-7H,8-13H2,1-3H3,(H,23,25)(H,22,24,27). The highest BCUT2D eigenvalue weighted by atomic mass is 32.1. The molecule has 0 aliphatic rings. The molecule has 31 heavy (non-hydrogen) atoms. The van der Waals surface area contributed by atoms with Crippen molar-refractivity contribution in [1.29, 1.82) is 0 Å². The number of ether oxygens (including phenoxy) is 3. The fourth-order valence-electron chi connectivity index (χ4n) is 2.44. The second kappa shape index (κ2) is 12.8. The predicted octanol–water partition coefficient (Wildman–Crippen LogP) is 2.94. The summed E-state index contributed by atoms with van der Waals surface area (Å²) in [5.74, 6) is -0.943. The van der Waals surface area contributed by atoms with Crippen LogP contribution in [0.5, 0.6) is 0 Å². The number of thiazole rings is 1. The molecular weight excluding hydrogens is 422 g/mol. The van der Waals surface area contributed by atoms with Crippen molar-refractivity contribution in [3.63, 3.8) is 0 Å². The number of nitrogens with zero attached hydrogens (tertiary/aromatic N) is 1. The van der Waals surface area contributed by atoms with E-state index >= 15 is 0 Å². The van der Waals surface area contributed by atoms with Crippen molar-refractivity contribution in [1.82, 2.24) is 4.98 Å². The van der Waals surface area contributed by atoms with Gasteiger partial charge in [0.1, 0.15) is 0 Å². The highest BCUT2D eigenvalue weighted by molar-refractivity contribution is 7.15. The second-order valence-electron chi connectivity index (χ2n) is 6.51. The number of rotatable bonds is 12. The van der Waals surface area contributed by atoms with Gasteiger partial charge >= 0.3 is 5.97 Å². The van der Waals surface area contributed by atoms with Gasteiger partial charge in [0, 0.05) is 4.88 Å². The number of methoxy groups -OCH3 is 1. The molecule has 168 valence electrons. The summed E-state index contributed by atoms with van der Waals surface area (Å²) >= 11 is 1.40. The lowest BCUT2D eigenvalue weighted by Gasteiger charge is -2.11. The number of aromatic nitrogens is 1. The Hall–Kier alpha value is -2.82. The minimum Gasteiger partial charge on any atom is -0.469 e. The van der Waals surface area contributed by atoms with Crippen LogP contribution in [0.3, 0.4) is 0 Å². The predicted molar refractivity (Wildman–Crippen MR) is 118 cm³/mol. The number of carbonyl (C=O) groups is 3. The molecule has 0 bridgehead atoms. The van der Waals surface area contributed by atoms with Crippen LogP contribution in [0, 0.1) is 13.8 Å². The monoisotopic (exact) mass is 449 g/mol. The van der Waals surface area contributed by atoms with E-state index in [1.165, 1.54) is 18.4 Å². The van der Waals surface area contributed by atoms with Gasteiger partial charge in [0.2, 0.25) is 5.91 Å². The largest absolute Gasteiger partial charge is 0.469 e. The van der Waals surface area contributed by atoms with Gasteiger partial charge in [-0.1, -0.05) is 12.1 Å². The molecule has 0 unspecified atom stereocenters. The second-order valence-corrected chi connectivity index (χ2v) is 7.71. The molecule has 0 saturated carbocycles. The third-order valence-corrected chi connectivity index (χ3v) is 5.21. The van der Waals surface area contributed by atoms with E-state index in [4.69, 9.17) is 9.47 Å². The zero-order valence-electron chi connectivity index (χ0n) is 17.9. The van der Waals surface area contributed by atoms with Gasteiger partial charge in [-0.3, -0.25) is 19.7 Å². The quantitative estimate of drug-likeness (QED) is 0.378. The summed E-state index contributed by atoms with van der Waals surface area (Å²) < 4.78 is 15.1. The number of hydrogen-bond donors (Lipinski definition) is 2. The first kappa shape index (κ1) is 24.4. The van der Waals surface area contributed by atoms with Gasteiger partial charge in [0.15, 0.2) is 5.13 Å². The van der Waals surface area contributed by atoms with Gasteiger partial charge in [-0.15, -0.1) is 11.3 Å². The number of esters is 1. The molecule has 2 N–H and O–H groups in total. The number of aryl methyl sites for hydroxylation is 2. The Balaban J connectivity index is 1.74. The first-order valence-corrected chi connectivity index (χ1v) is 10.6. The number of amides is 2. The number of benzene rings is 1. The Bertz CT molecular complexity index is 879. The van der Waals surface area contributed by atoms with E-state index in [0.29, 0.717) is 29.6 Å². The van der Waals surface area contributed by atoms with Crippen LogP contribution in [0.4, 0.5) is 10.8 Å². The summed E-state index contributed by atoms with van der Waals surface area (Å²) in [6, 6.07) is 6.78. The Morgan fingerprint density at radius 1 is 0.968 bits per heavy atom. The van der Waals surface area contributed by atoms with Crippen molar-refractivity contribution < 1.29 is 28.6 Å². The van der Waals surface area contributed by atoms with E-state index in [9.17, 15) is 14.4 Å². The molecule has 1 aromatic heterocycles. The lowest BCUT2D eigenvalue weighted by molar-refractivity contribution is -0.142. The molecule has 0 spiro atoms. The Labute approximate surface area is 185 Å². The zero-order chi connectivity index (χ0) is 22.6. The molecular formula is C21H27N3O6S. The van der Waals surface area contributed by atoms with Crippen molar-refractivity contribution in [3.8, 4) is 0 Å². The van der Waals surface area contributed by atoms with E-state index in [1.807, 2.05) is 13.8 Å². The maximum atomic E-state index is 12.6. The maximum absolute atomic E-state index is 12.6. The topological polar surface area (TPSA) is 116 Å². The van der Waals surface area contributed by atoms with Crippen LogP contribution in [0.25, 0.3) is 0 Å². The van der Waals surface area contributed by atoms with Crippen LogP contribution >= 0.6 is 11.3 Å². The molecule has 1 heterocycles. The van der Waals surface area contributed by atoms with Gasteiger partial charge < -0.3 is 19.5 Å². The average molecular weight is 450 g/mol. The molecule has 2 rings (SSSR count). The van der Waals surface area contributed by atoms with E-state index < -0.39 is 0 Å². The molecule has 0 radical (unpaired) electrons. The smallest absolute Gasteiger partial charge is 0.307 e. The van der Waals surface area contributed by atoms with Crippen LogP contribution in [-0.2, 0) is 23.8 Å². The number of hydrogen-bond acceptors (Lipinski definition) is 8. The summed E-state index contributed by atoms with van der Waals surface area (Å²) in [7, 11) is 1.32. The molecule has 0 saturated heterocycles. The highest BCUT2D eigenvalue weighted by Crippen LogP contribution is 2.23. The Morgan fingerprint density at radius 2 is 1.65 bits per heavy atom. The minimum absolute atomic E-state index is 0.128. The fourth-order valence-corrected chi connectivity index (χ4v) is 3.25. The van der Waals surface area contributed by atoms with Crippen molar-refractivity contribution in [2.24, 2.45) is 0 Å². The van der Waals surface area contributed by atoms with Crippen LogP contribution in [0.1, 0.15) is 33.8 Å². The Morgan fingerprint density at radius 3 is 2.29 bits per heavy atom. The third-order valence-electron chi connectivity index (χ3n) is 4.22. The van der Waals surface area contributed by atoms with Crippen molar-refractivity contribution in [2.45, 2.75) is 26.7 Å². The van der Waals surface area contributed by atoms with Crippen LogP contribution in [0.2, 0.25) is 0 Å². The molecule has 1 aromatic carbocycles. The number of nitrogens with one attached hydrogen (secondary N) is 2. The van der Waals surface area contributed by atoms with Crippen molar-refractivity contribution in [3.05, 3.63) is 40.4 Å².